The van der Waals surface area contributed by atoms with E-state index in [2.05, 4.69) is 53.2 Å². The maximum Gasteiger partial charge on any atom is 0.216 e. The first-order valence-corrected chi connectivity index (χ1v) is 7.69. The van der Waals surface area contributed by atoms with Gasteiger partial charge in [-0.1, -0.05) is 37.9 Å². The number of ether oxygens (including phenoxy) is 1. The Bertz CT molecular complexity index is 592. The molecule has 1 atom stereocenters. The van der Waals surface area contributed by atoms with Crippen molar-refractivity contribution in [3.05, 3.63) is 50.8 Å². The molecule has 0 amide bonds. The van der Waals surface area contributed by atoms with Crippen molar-refractivity contribution in [2.45, 2.75) is 12.5 Å². The van der Waals surface area contributed by atoms with Crippen LogP contribution in [-0.2, 0) is 6.42 Å². The average Bonchev–Trinajstić information content (AvgIpc) is 2.45. The molecule has 0 spiro atoms. The number of hydrogen-bond acceptors (Lipinski definition) is 4. The van der Waals surface area contributed by atoms with Crippen LogP contribution in [0.15, 0.2) is 39.5 Å². The molecule has 1 aromatic carbocycles. The third kappa shape index (κ3) is 3.77. The Morgan fingerprint density at radius 3 is 2.70 bits per heavy atom. The van der Waals surface area contributed by atoms with Crippen molar-refractivity contribution in [3.63, 3.8) is 0 Å². The molecule has 0 saturated heterocycles. The lowest BCUT2D eigenvalue weighted by Crippen LogP contribution is -2.20. The van der Waals surface area contributed by atoms with Crippen molar-refractivity contribution in [3.8, 4) is 5.88 Å². The Kier molecular flexibility index (Phi) is 5.51. The molecule has 0 fully saturated rings. The van der Waals surface area contributed by atoms with Gasteiger partial charge >= 0.3 is 0 Å². The highest BCUT2D eigenvalue weighted by Crippen LogP contribution is 2.28. The van der Waals surface area contributed by atoms with E-state index in [0.29, 0.717) is 5.88 Å². The summed E-state index contributed by atoms with van der Waals surface area (Å²) in [6, 6.07) is 8.19. The Morgan fingerprint density at radius 1 is 1.25 bits per heavy atom. The number of methoxy groups -OCH3 is 1. The van der Waals surface area contributed by atoms with Gasteiger partial charge in [0.05, 0.1) is 7.11 Å². The molecular formula is C14H15Br2N3O. The maximum absolute atomic E-state index is 5.13. The number of aromatic nitrogens is 2. The first kappa shape index (κ1) is 15.4. The highest BCUT2D eigenvalue weighted by atomic mass is 79.9. The molecule has 1 heterocycles. The van der Waals surface area contributed by atoms with Crippen molar-refractivity contribution < 1.29 is 4.74 Å². The van der Waals surface area contributed by atoms with Crippen molar-refractivity contribution in [2.75, 3.05) is 14.2 Å². The summed E-state index contributed by atoms with van der Waals surface area (Å²) in [6.45, 7) is 0. The van der Waals surface area contributed by atoms with E-state index in [-0.39, 0.29) is 6.04 Å². The molecule has 0 aliphatic carbocycles. The number of benzene rings is 1. The van der Waals surface area contributed by atoms with Crippen molar-refractivity contribution in [1.29, 1.82) is 0 Å². The van der Waals surface area contributed by atoms with Gasteiger partial charge in [0, 0.05) is 33.2 Å². The molecule has 106 valence electrons. The second-order valence-corrected chi connectivity index (χ2v) is 6.03. The van der Waals surface area contributed by atoms with E-state index in [1.165, 1.54) is 11.9 Å². The number of rotatable bonds is 5. The van der Waals surface area contributed by atoms with Crippen molar-refractivity contribution >= 4 is 31.9 Å². The summed E-state index contributed by atoms with van der Waals surface area (Å²) in [5, 5.41) is 3.32. The lowest BCUT2D eigenvalue weighted by atomic mass is 10.0. The quantitative estimate of drug-likeness (QED) is 0.834. The molecule has 0 saturated carbocycles. The molecule has 20 heavy (non-hydrogen) atoms. The third-order valence-electron chi connectivity index (χ3n) is 3.01. The molecular weight excluding hydrogens is 386 g/mol. The Morgan fingerprint density at radius 2 is 2.05 bits per heavy atom. The van der Waals surface area contributed by atoms with Gasteiger partial charge in [-0.2, -0.15) is 0 Å². The number of nitrogens with one attached hydrogen (secondary N) is 1. The zero-order valence-corrected chi connectivity index (χ0v) is 14.4. The van der Waals surface area contributed by atoms with Gasteiger partial charge in [-0.05, 0) is 24.7 Å². The average molecular weight is 401 g/mol. The van der Waals surface area contributed by atoms with E-state index >= 15 is 0 Å². The summed E-state index contributed by atoms with van der Waals surface area (Å²) in [6.07, 6.45) is 2.28. The maximum atomic E-state index is 5.13. The van der Waals surface area contributed by atoms with E-state index < -0.39 is 0 Å². The van der Waals surface area contributed by atoms with Gasteiger partial charge in [0.15, 0.2) is 0 Å². The van der Waals surface area contributed by atoms with Crippen LogP contribution in [0.4, 0.5) is 0 Å². The lowest BCUT2D eigenvalue weighted by Gasteiger charge is -2.18. The number of hydrogen-bond donors (Lipinski definition) is 1. The summed E-state index contributed by atoms with van der Waals surface area (Å²) in [7, 11) is 3.55. The summed E-state index contributed by atoms with van der Waals surface area (Å²) < 4.78 is 7.24. The second-order valence-electron chi connectivity index (χ2n) is 4.26. The Hall–Kier alpha value is -0.980. The fourth-order valence-corrected chi connectivity index (χ4v) is 3.28. The fraction of sp³-hybridized carbons (Fsp3) is 0.286. The monoisotopic (exact) mass is 399 g/mol. The largest absolute Gasteiger partial charge is 0.481 e. The van der Waals surface area contributed by atoms with Crippen molar-refractivity contribution in [2.24, 2.45) is 0 Å². The van der Waals surface area contributed by atoms with Gasteiger partial charge in [-0.25, -0.2) is 9.97 Å². The summed E-state index contributed by atoms with van der Waals surface area (Å²) in [5.74, 6) is 0.583. The van der Waals surface area contributed by atoms with E-state index in [4.69, 9.17) is 4.74 Å². The van der Waals surface area contributed by atoms with Crippen LogP contribution in [0.25, 0.3) is 0 Å². The van der Waals surface area contributed by atoms with E-state index in [1.54, 1.807) is 7.11 Å². The van der Waals surface area contributed by atoms with Gasteiger partial charge in [0.2, 0.25) is 5.88 Å². The van der Waals surface area contributed by atoms with Crippen molar-refractivity contribution in [1.82, 2.24) is 15.3 Å². The zero-order valence-electron chi connectivity index (χ0n) is 11.2. The zero-order chi connectivity index (χ0) is 14.5. The highest BCUT2D eigenvalue weighted by Gasteiger charge is 2.14. The minimum atomic E-state index is 0.164. The topological polar surface area (TPSA) is 47.0 Å². The number of likely N-dealkylation sites (N-methyl/N-ethyl adjacent to an activating group) is 1. The second kappa shape index (κ2) is 7.15. The van der Waals surface area contributed by atoms with Gasteiger partial charge < -0.3 is 10.1 Å². The van der Waals surface area contributed by atoms with Crippen LogP contribution in [0.1, 0.15) is 17.3 Å². The molecule has 0 radical (unpaired) electrons. The van der Waals surface area contributed by atoms with Crippen LogP contribution in [0.3, 0.4) is 0 Å². The smallest absolute Gasteiger partial charge is 0.216 e. The SMILES string of the molecule is CNC(Cc1cc(OC)ncn1)c1ccc(Br)cc1Br. The van der Waals surface area contributed by atoms with Crippen LogP contribution < -0.4 is 10.1 Å². The first-order valence-electron chi connectivity index (χ1n) is 6.11. The summed E-state index contributed by atoms with van der Waals surface area (Å²) in [4.78, 5) is 8.32. The predicted octanol–water partition coefficient (Wildman–Crippen LogP) is 3.51. The molecule has 0 aliphatic rings. The molecule has 1 unspecified atom stereocenters. The van der Waals surface area contributed by atoms with E-state index in [9.17, 15) is 0 Å². The molecule has 0 bridgehead atoms. The minimum absolute atomic E-state index is 0.164. The third-order valence-corrected chi connectivity index (χ3v) is 4.19. The molecule has 6 heteroatoms. The van der Waals surface area contributed by atoms with Gasteiger partial charge in [0.1, 0.15) is 6.33 Å². The summed E-state index contributed by atoms with van der Waals surface area (Å²) in [5.41, 5.74) is 2.12. The van der Waals surface area contributed by atoms with Crippen LogP contribution in [0.2, 0.25) is 0 Å². The number of halogens is 2. The first-order chi connectivity index (χ1) is 9.63. The standard InChI is InChI=1S/C14H15Br2N3O/c1-17-13(11-4-3-9(15)5-12(11)16)6-10-7-14(20-2)19-8-18-10/h3-5,7-8,13,17H,6H2,1-2H3. The minimum Gasteiger partial charge on any atom is -0.481 e. The van der Waals surface area contributed by atoms with Gasteiger partial charge in [0.25, 0.3) is 0 Å². The summed E-state index contributed by atoms with van der Waals surface area (Å²) >= 11 is 7.07. The van der Waals surface area contributed by atoms with Gasteiger partial charge in [-0.15, -0.1) is 0 Å². The van der Waals surface area contributed by atoms with Crippen LogP contribution in [0, 0.1) is 0 Å². The van der Waals surface area contributed by atoms with Crippen LogP contribution in [-0.4, -0.2) is 24.1 Å². The molecule has 1 N–H and O–H groups in total. The normalized spacial score (nSPS) is 12.2. The molecule has 2 rings (SSSR count). The Balaban J connectivity index is 2.23. The van der Waals surface area contributed by atoms with Crippen LogP contribution in [0.5, 0.6) is 5.88 Å². The fourth-order valence-electron chi connectivity index (χ4n) is 1.96. The molecule has 0 aliphatic heterocycles. The van der Waals surface area contributed by atoms with Gasteiger partial charge in [-0.3, -0.25) is 0 Å². The lowest BCUT2D eigenvalue weighted by molar-refractivity contribution is 0.395. The molecule has 1 aromatic heterocycles. The Labute approximate surface area is 135 Å². The van der Waals surface area contributed by atoms with Crippen LogP contribution >= 0.6 is 31.9 Å². The number of nitrogens with zero attached hydrogens (tertiary/aromatic N) is 2. The van der Waals surface area contributed by atoms with E-state index in [0.717, 1.165) is 21.1 Å². The highest BCUT2D eigenvalue weighted by molar-refractivity contribution is 9.11. The molecule has 4 nitrogen and oxygen atoms in total. The molecule has 2 aromatic rings. The predicted molar refractivity (Wildman–Crippen MR) is 85.9 cm³/mol. The van der Waals surface area contributed by atoms with E-state index in [1.807, 2.05) is 25.2 Å².